The summed E-state index contributed by atoms with van der Waals surface area (Å²) < 4.78 is 0. The van der Waals surface area contributed by atoms with Gasteiger partial charge in [0.1, 0.15) is 0 Å². The van der Waals surface area contributed by atoms with Gasteiger partial charge in [-0.15, -0.1) is 0 Å². The Balaban J connectivity index is 1.15. The maximum Gasteiger partial charge on any atom is 0.248 e. The smallest absolute Gasteiger partial charge is 0.248 e. The number of amides is 1. The van der Waals surface area contributed by atoms with Crippen molar-refractivity contribution in [3.8, 4) is 0 Å². The highest BCUT2D eigenvalue weighted by molar-refractivity contribution is 6.03. The zero-order valence-electron chi connectivity index (χ0n) is 17.3. The van der Waals surface area contributed by atoms with Gasteiger partial charge in [-0.05, 0) is 49.2 Å². The van der Waals surface area contributed by atoms with Gasteiger partial charge in [-0.2, -0.15) is 0 Å². The molecule has 0 aromatic heterocycles. The fourth-order valence-corrected chi connectivity index (χ4v) is 5.22. The number of anilines is 2. The normalized spacial score (nSPS) is 23.5. The van der Waals surface area contributed by atoms with Crippen molar-refractivity contribution in [2.75, 3.05) is 24.6 Å². The Morgan fingerprint density at radius 1 is 1.17 bits per heavy atom. The highest BCUT2D eigenvalue weighted by Crippen LogP contribution is 2.74. The molecule has 4 heteroatoms. The van der Waals surface area contributed by atoms with Crippen molar-refractivity contribution < 1.29 is 4.79 Å². The minimum absolute atomic E-state index is 0.190. The zero-order valence-corrected chi connectivity index (χ0v) is 17.3. The number of benzene rings is 2. The van der Waals surface area contributed by atoms with Crippen LogP contribution < -0.4 is 11.1 Å². The summed E-state index contributed by atoms with van der Waals surface area (Å²) in [7, 11) is 2.21. The van der Waals surface area contributed by atoms with Crippen molar-refractivity contribution in [2.45, 2.75) is 19.4 Å². The molecule has 4 nitrogen and oxygen atoms in total. The van der Waals surface area contributed by atoms with Crippen LogP contribution in [-0.4, -0.2) is 24.4 Å². The number of rotatable bonds is 7. The SMILES string of the molecule is CN(Cc1ccc(/C=C/C(=O)Nc2ccccc2N)cc1)CC12CC3C1=CCC=C32. The van der Waals surface area contributed by atoms with Crippen LogP contribution in [0.25, 0.3) is 6.08 Å². The van der Waals surface area contributed by atoms with Crippen molar-refractivity contribution in [1.29, 1.82) is 0 Å². The van der Waals surface area contributed by atoms with E-state index in [4.69, 9.17) is 5.73 Å². The average molecular weight is 398 g/mol. The minimum Gasteiger partial charge on any atom is -0.397 e. The third kappa shape index (κ3) is 3.17. The summed E-state index contributed by atoms with van der Waals surface area (Å²) in [6.07, 6.45) is 10.7. The van der Waals surface area contributed by atoms with Crippen LogP contribution >= 0.6 is 0 Å². The highest BCUT2D eigenvalue weighted by Gasteiger charge is 2.65. The fourth-order valence-electron chi connectivity index (χ4n) is 5.22. The molecule has 0 aliphatic heterocycles. The molecular weight excluding hydrogens is 370 g/mol. The number of nitrogens with two attached hydrogens (primary N) is 1. The Bertz CT molecular complexity index is 1060. The Labute approximate surface area is 177 Å². The summed E-state index contributed by atoms with van der Waals surface area (Å²) in [6, 6.07) is 15.7. The monoisotopic (exact) mass is 397 g/mol. The molecule has 0 atom stereocenters. The molecule has 0 unspecified atom stereocenters. The molecule has 4 aliphatic carbocycles. The quantitative estimate of drug-likeness (QED) is 0.407. The maximum atomic E-state index is 12.1. The number of carbonyl (C=O) groups is 1. The molecule has 3 N–H and O–H groups in total. The van der Waals surface area contributed by atoms with Crippen LogP contribution in [0, 0.1) is 11.3 Å². The first-order valence-electron chi connectivity index (χ1n) is 10.6. The van der Waals surface area contributed by atoms with Crippen LogP contribution in [0.3, 0.4) is 0 Å². The topological polar surface area (TPSA) is 58.4 Å². The van der Waals surface area contributed by atoms with Gasteiger partial charge in [0.25, 0.3) is 0 Å². The largest absolute Gasteiger partial charge is 0.397 e. The van der Waals surface area contributed by atoms with E-state index in [1.165, 1.54) is 18.1 Å². The van der Waals surface area contributed by atoms with Crippen LogP contribution in [0.4, 0.5) is 11.4 Å². The first-order valence-corrected chi connectivity index (χ1v) is 10.6. The maximum absolute atomic E-state index is 12.1. The van der Waals surface area contributed by atoms with Gasteiger partial charge in [-0.3, -0.25) is 4.79 Å². The third-order valence-corrected chi connectivity index (χ3v) is 6.70. The number of hydrogen-bond acceptors (Lipinski definition) is 3. The van der Waals surface area contributed by atoms with E-state index in [1.54, 1.807) is 23.3 Å². The Morgan fingerprint density at radius 3 is 2.57 bits per heavy atom. The van der Waals surface area contributed by atoms with Gasteiger partial charge in [0.2, 0.25) is 5.91 Å². The molecule has 2 aromatic rings. The summed E-state index contributed by atoms with van der Waals surface area (Å²) in [4.78, 5) is 14.6. The van der Waals surface area contributed by atoms with E-state index in [2.05, 4.69) is 53.7 Å². The predicted molar refractivity (Wildman–Crippen MR) is 123 cm³/mol. The lowest BCUT2D eigenvalue weighted by Gasteiger charge is -2.69. The van der Waals surface area contributed by atoms with Gasteiger partial charge in [0.15, 0.2) is 0 Å². The standard InChI is InChI=1S/C26H27N3O/c1-29(17-26-15-20-21(26)5-4-6-22(20)26)16-19-11-9-18(10-12-19)13-14-25(30)28-24-8-3-2-7-23(24)27/h2-3,5-14,20H,4,15-17,27H2,1H3,(H,28,30)/b14-13+. The van der Waals surface area contributed by atoms with E-state index in [-0.39, 0.29) is 5.91 Å². The zero-order chi connectivity index (χ0) is 20.7. The molecule has 0 radical (unpaired) electrons. The van der Waals surface area contributed by atoms with Gasteiger partial charge in [0, 0.05) is 30.5 Å². The molecule has 3 saturated carbocycles. The molecule has 4 bridgehead atoms. The summed E-state index contributed by atoms with van der Waals surface area (Å²) in [5.41, 5.74) is 13.1. The van der Waals surface area contributed by atoms with Crippen LogP contribution in [-0.2, 0) is 11.3 Å². The van der Waals surface area contributed by atoms with E-state index >= 15 is 0 Å². The van der Waals surface area contributed by atoms with E-state index in [0.29, 0.717) is 16.8 Å². The number of allylic oxidation sites excluding steroid dienone is 2. The number of para-hydroxylation sites is 2. The van der Waals surface area contributed by atoms with E-state index in [0.717, 1.165) is 31.0 Å². The number of nitrogen functional groups attached to an aromatic ring is 1. The number of nitrogens with zero attached hydrogens (tertiary/aromatic N) is 1. The summed E-state index contributed by atoms with van der Waals surface area (Å²) in [5.74, 6) is 0.609. The van der Waals surface area contributed by atoms with Crippen molar-refractivity contribution in [3.63, 3.8) is 0 Å². The van der Waals surface area contributed by atoms with Crippen LogP contribution in [0.5, 0.6) is 0 Å². The molecule has 0 saturated heterocycles. The van der Waals surface area contributed by atoms with Crippen molar-refractivity contribution in [3.05, 3.63) is 89.0 Å². The van der Waals surface area contributed by atoms with Gasteiger partial charge in [-0.1, -0.05) is 59.7 Å². The van der Waals surface area contributed by atoms with Gasteiger partial charge in [0.05, 0.1) is 11.4 Å². The second-order valence-corrected chi connectivity index (χ2v) is 8.72. The Morgan fingerprint density at radius 2 is 1.90 bits per heavy atom. The summed E-state index contributed by atoms with van der Waals surface area (Å²) >= 11 is 0. The second kappa shape index (κ2) is 7.29. The minimum atomic E-state index is -0.190. The number of nitrogens with one attached hydrogen (secondary N) is 1. The van der Waals surface area contributed by atoms with Crippen molar-refractivity contribution >= 4 is 23.4 Å². The lowest BCUT2D eigenvalue weighted by atomic mass is 9.36. The van der Waals surface area contributed by atoms with Crippen LogP contribution in [0.2, 0.25) is 0 Å². The van der Waals surface area contributed by atoms with E-state index < -0.39 is 0 Å². The molecule has 2 aromatic carbocycles. The molecule has 0 spiro atoms. The lowest BCUT2D eigenvalue weighted by molar-refractivity contribution is -0.111. The van der Waals surface area contributed by atoms with E-state index in [1.807, 2.05) is 18.2 Å². The molecule has 3 fully saturated rings. The predicted octanol–water partition coefficient (Wildman–Crippen LogP) is 4.63. The van der Waals surface area contributed by atoms with Crippen LogP contribution in [0.1, 0.15) is 24.0 Å². The number of carbonyl (C=O) groups excluding carboxylic acids is 1. The van der Waals surface area contributed by atoms with Gasteiger partial charge >= 0.3 is 0 Å². The Hall–Kier alpha value is -3.11. The van der Waals surface area contributed by atoms with Crippen molar-refractivity contribution in [1.82, 2.24) is 4.90 Å². The van der Waals surface area contributed by atoms with Crippen molar-refractivity contribution in [2.24, 2.45) is 11.3 Å². The number of hydrogen-bond donors (Lipinski definition) is 2. The third-order valence-electron chi connectivity index (χ3n) is 6.70. The van der Waals surface area contributed by atoms with Gasteiger partial charge in [-0.25, -0.2) is 0 Å². The summed E-state index contributed by atoms with van der Waals surface area (Å²) in [5, 5.41) is 2.80. The van der Waals surface area contributed by atoms with Crippen LogP contribution in [0.15, 0.2) is 77.9 Å². The lowest BCUT2D eigenvalue weighted by Crippen LogP contribution is -2.62. The molecular formula is C26H27N3O. The molecule has 6 rings (SSSR count). The molecule has 152 valence electrons. The molecule has 1 amide bonds. The molecule has 0 heterocycles. The van der Waals surface area contributed by atoms with Gasteiger partial charge < -0.3 is 16.0 Å². The Kier molecular flexibility index (Phi) is 4.59. The first-order chi connectivity index (χ1) is 14.5. The second-order valence-electron chi connectivity index (χ2n) is 8.72. The first kappa shape index (κ1) is 18.9. The van der Waals surface area contributed by atoms with E-state index in [9.17, 15) is 4.79 Å². The highest BCUT2D eigenvalue weighted by atomic mass is 16.1. The fraction of sp³-hybridized carbons (Fsp3) is 0.269. The molecule has 30 heavy (non-hydrogen) atoms. The average Bonchev–Trinajstić information content (AvgIpc) is 2.73. The molecule has 4 aliphatic rings. The summed E-state index contributed by atoms with van der Waals surface area (Å²) in [6.45, 7) is 2.05.